The lowest BCUT2D eigenvalue weighted by Gasteiger charge is -2.10. The molecule has 1 saturated heterocycles. The Morgan fingerprint density at radius 3 is 2.89 bits per heavy atom. The van der Waals surface area contributed by atoms with Gasteiger partial charge in [0.1, 0.15) is 11.4 Å². The van der Waals surface area contributed by atoms with Crippen LogP contribution in [0.25, 0.3) is 10.2 Å². The van der Waals surface area contributed by atoms with E-state index in [1.54, 1.807) is 16.2 Å². The predicted octanol–water partition coefficient (Wildman–Crippen LogP) is 0.652. The van der Waals surface area contributed by atoms with Crippen molar-refractivity contribution in [2.24, 2.45) is 0 Å². The van der Waals surface area contributed by atoms with Gasteiger partial charge in [-0.25, -0.2) is 4.98 Å². The van der Waals surface area contributed by atoms with E-state index in [-0.39, 0.29) is 5.56 Å². The van der Waals surface area contributed by atoms with Gasteiger partial charge in [0.15, 0.2) is 5.82 Å². The number of aromatic amines is 1. The molecule has 3 heterocycles. The summed E-state index contributed by atoms with van der Waals surface area (Å²) in [4.78, 5) is 23.9. The Hall–Kier alpha value is -1.20. The molecule has 1 fully saturated rings. The average Bonchev–Trinajstić information content (AvgIpc) is 3.03. The SMILES string of the molecule is O=c1[nH]c(C[NH+]2CCCC2)nc2sc3c(c12)CCC3. The third kappa shape index (κ3) is 1.92. The highest BCUT2D eigenvalue weighted by Gasteiger charge is 2.22. The molecule has 1 aliphatic carbocycles. The highest BCUT2D eigenvalue weighted by atomic mass is 32.1. The van der Waals surface area contributed by atoms with E-state index in [0.29, 0.717) is 0 Å². The molecule has 0 unspecified atom stereocenters. The molecule has 2 aromatic rings. The maximum atomic E-state index is 12.3. The highest BCUT2D eigenvalue weighted by molar-refractivity contribution is 7.18. The number of H-pyrrole nitrogens is 1. The summed E-state index contributed by atoms with van der Waals surface area (Å²) in [6.45, 7) is 3.29. The first kappa shape index (κ1) is 11.6. The molecule has 2 aromatic heterocycles. The first-order valence-electron chi connectivity index (χ1n) is 7.18. The third-order valence-corrected chi connectivity index (χ3v) is 5.54. The second-order valence-corrected chi connectivity index (χ2v) is 6.77. The number of thiophene rings is 1. The highest BCUT2D eigenvalue weighted by Crippen LogP contribution is 2.34. The second-order valence-electron chi connectivity index (χ2n) is 5.68. The molecule has 0 saturated carbocycles. The van der Waals surface area contributed by atoms with Crippen molar-refractivity contribution in [2.45, 2.75) is 38.6 Å². The van der Waals surface area contributed by atoms with Crippen LogP contribution in [0.1, 0.15) is 35.5 Å². The van der Waals surface area contributed by atoms with E-state index in [1.165, 1.54) is 42.8 Å². The Morgan fingerprint density at radius 2 is 2.05 bits per heavy atom. The molecule has 4 nitrogen and oxygen atoms in total. The van der Waals surface area contributed by atoms with Gasteiger partial charge in [-0.2, -0.15) is 0 Å². The van der Waals surface area contributed by atoms with Crippen molar-refractivity contribution < 1.29 is 4.90 Å². The zero-order valence-electron chi connectivity index (χ0n) is 10.9. The van der Waals surface area contributed by atoms with Crippen LogP contribution < -0.4 is 10.5 Å². The fraction of sp³-hybridized carbons (Fsp3) is 0.571. The number of quaternary nitrogens is 1. The zero-order chi connectivity index (χ0) is 12.8. The van der Waals surface area contributed by atoms with Crippen LogP contribution in [-0.4, -0.2) is 23.1 Å². The number of likely N-dealkylation sites (tertiary alicyclic amines) is 1. The molecule has 0 aromatic carbocycles. The minimum atomic E-state index is 0.0815. The molecule has 0 radical (unpaired) electrons. The number of hydrogen-bond acceptors (Lipinski definition) is 3. The van der Waals surface area contributed by atoms with Crippen LogP contribution in [0, 0.1) is 0 Å². The molecule has 0 bridgehead atoms. The summed E-state index contributed by atoms with van der Waals surface area (Å²) in [5.74, 6) is 0.870. The Bertz CT molecular complexity index is 682. The van der Waals surface area contributed by atoms with Gasteiger partial charge >= 0.3 is 0 Å². The number of rotatable bonds is 2. The van der Waals surface area contributed by atoms with E-state index in [0.717, 1.165) is 35.4 Å². The van der Waals surface area contributed by atoms with Crippen LogP contribution in [0.15, 0.2) is 4.79 Å². The van der Waals surface area contributed by atoms with Crippen LogP contribution in [-0.2, 0) is 19.4 Å². The van der Waals surface area contributed by atoms with Gasteiger partial charge in [0, 0.05) is 17.7 Å². The first-order valence-corrected chi connectivity index (χ1v) is 8.00. The Kier molecular flexibility index (Phi) is 2.70. The molecular weight excluding hydrogens is 258 g/mol. The van der Waals surface area contributed by atoms with Crippen LogP contribution in [0.3, 0.4) is 0 Å². The van der Waals surface area contributed by atoms with Gasteiger partial charge in [0.25, 0.3) is 5.56 Å². The van der Waals surface area contributed by atoms with E-state index in [4.69, 9.17) is 4.98 Å². The normalized spacial score (nSPS) is 19.4. The molecule has 5 heteroatoms. The summed E-state index contributed by atoms with van der Waals surface area (Å²) < 4.78 is 0. The van der Waals surface area contributed by atoms with E-state index in [1.807, 2.05) is 0 Å². The van der Waals surface area contributed by atoms with Crippen LogP contribution in [0.4, 0.5) is 0 Å². The van der Waals surface area contributed by atoms with Crippen molar-refractivity contribution in [3.05, 3.63) is 26.6 Å². The summed E-state index contributed by atoms with van der Waals surface area (Å²) in [5.41, 5.74) is 1.35. The minimum Gasteiger partial charge on any atom is -0.329 e. The Labute approximate surface area is 115 Å². The van der Waals surface area contributed by atoms with Crippen molar-refractivity contribution in [3.63, 3.8) is 0 Å². The Balaban J connectivity index is 1.76. The van der Waals surface area contributed by atoms with Gasteiger partial charge in [-0.1, -0.05) is 0 Å². The number of aromatic nitrogens is 2. The summed E-state index contributed by atoms with van der Waals surface area (Å²) in [6, 6.07) is 0. The number of fused-ring (bicyclic) bond motifs is 3. The van der Waals surface area contributed by atoms with Crippen LogP contribution in [0.2, 0.25) is 0 Å². The number of hydrogen-bond donors (Lipinski definition) is 2. The molecule has 0 atom stereocenters. The van der Waals surface area contributed by atoms with E-state index < -0.39 is 0 Å². The third-order valence-electron chi connectivity index (χ3n) is 4.35. The van der Waals surface area contributed by atoms with Gasteiger partial charge in [-0.15, -0.1) is 11.3 Å². The van der Waals surface area contributed by atoms with E-state index in [2.05, 4.69) is 4.98 Å². The van der Waals surface area contributed by atoms with Crippen molar-refractivity contribution in [1.82, 2.24) is 9.97 Å². The Morgan fingerprint density at radius 1 is 1.21 bits per heavy atom. The fourth-order valence-corrected chi connectivity index (χ4v) is 4.70. The van der Waals surface area contributed by atoms with Crippen molar-refractivity contribution in [2.75, 3.05) is 13.1 Å². The molecule has 0 amide bonds. The summed E-state index contributed by atoms with van der Waals surface area (Å²) in [6.07, 6.45) is 5.97. The summed E-state index contributed by atoms with van der Waals surface area (Å²) in [5, 5.41) is 0.873. The molecule has 4 rings (SSSR count). The van der Waals surface area contributed by atoms with Crippen LogP contribution >= 0.6 is 11.3 Å². The van der Waals surface area contributed by atoms with Gasteiger partial charge in [0.05, 0.1) is 18.5 Å². The molecule has 19 heavy (non-hydrogen) atoms. The largest absolute Gasteiger partial charge is 0.329 e. The number of nitrogens with zero attached hydrogens (tertiary/aromatic N) is 1. The van der Waals surface area contributed by atoms with E-state index >= 15 is 0 Å². The molecule has 0 spiro atoms. The summed E-state index contributed by atoms with van der Waals surface area (Å²) in [7, 11) is 0. The number of aryl methyl sites for hydroxylation is 2. The topological polar surface area (TPSA) is 50.2 Å². The lowest BCUT2D eigenvalue weighted by atomic mass is 10.2. The maximum absolute atomic E-state index is 12.3. The molecule has 2 N–H and O–H groups in total. The standard InChI is InChI=1S/C14H17N3OS/c18-13-12-9-4-3-5-10(9)19-14(12)16-11(15-13)8-17-6-1-2-7-17/h1-8H2,(H,15,16,18)/p+1. The van der Waals surface area contributed by atoms with Crippen molar-refractivity contribution in [3.8, 4) is 0 Å². The van der Waals surface area contributed by atoms with Gasteiger partial charge in [0.2, 0.25) is 0 Å². The molecule has 1 aliphatic heterocycles. The maximum Gasteiger partial charge on any atom is 0.260 e. The monoisotopic (exact) mass is 276 g/mol. The van der Waals surface area contributed by atoms with Gasteiger partial charge < -0.3 is 9.88 Å². The lowest BCUT2D eigenvalue weighted by molar-refractivity contribution is -0.902. The predicted molar refractivity (Wildman–Crippen MR) is 75.9 cm³/mol. The first-order chi connectivity index (χ1) is 9.31. The molecular formula is C14H18N3OS+. The molecule has 100 valence electrons. The van der Waals surface area contributed by atoms with E-state index in [9.17, 15) is 4.79 Å². The second kappa shape index (κ2) is 4.42. The van der Waals surface area contributed by atoms with Crippen LogP contribution in [0.5, 0.6) is 0 Å². The molecule has 2 aliphatic rings. The van der Waals surface area contributed by atoms with Gasteiger partial charge in [-0.05, 0) is 24.8 Å². The van der Waals surface area contributed by atoms with Crippen molar-refractivity contribution >= 4 is 21.6 Å². The van der Waals surface area contributed by atoms with Crippen molar-refractivity contribution in [1.29, 1.82) is 0 Å². The quantitative estimate of drug-likeness (QED) is 0.846. The minimum absolute atomic E-state index is 0.0815. The zero-order valence-corrected chi connectivity index (χ0v) is 11.7. The average molecular weight is 276 g/mol. The summed E-state index contributed by atoms with van der Waals surface area (Å²) >= 11 is 1.73. The number of nitrogens with one attached hydrogen (secondary N) is 2. The lowest BCUT2D eigenvalue weighted by Crippen LogP contribution is -3.08. The van der Waals surface area contributed by atoms with Gasteiger partial charge in [-0.3, -0.25) is 4.79 Å². The fourth-order valence-electron chi connectivity index (χ4n) is 3.42. The smallest absolute Gasteiger partial charge is 0.260 e.